The van der Waals surface area contributed by atoms with Crippen molar-refractivity contribution >= 4 is 5.91 Å². The number of aryl methyl sites for hydroxylation is 1. The Morgan fingerprint density at radius 3 is 2.74 bits per heavy atom. The number of hydrogen-bond donors (Lipinski definition) is 1. The molecule has 1 saturated heterocycles. The molecule has 2 heterocycles. The van der Waals surface area contributed by atoms with Crippen LogP contribution in [0.5, 0.6) is 0 Å². The summed E-state index contributed by atoms with van der Waals surface area (Å²) >= 11 is 0. The van der Waals surface area contributed by atoms with Gasteiger partial charge in [0, 0.05) is 20.1 Å². The monoisotopic (exact) mass is 264 g/mol. The first-order valence-corrected chi connectivity index (χ1v) is 6.89. The molecule has 106 valence electrons. The largest absolute Gasteiger partial charge is 0.337 e. The van der Waals surface area contributed by atoms with E-state index in [1.54, 1.807) is 4.68 Å². The molecule has 19 heavy (non-hydrogen) atoms. The molecule has 1 fully saturated rings. The number of carbonyl (C=O) groups excluding carboxylic acids is 1. The average Bonchev–Trinajstić information content (AvgIpc) is 2.93. The smallest absolute Gasteiger partial charge is 0.272 e. The summed E-state index contributed by atoms with van der Waals surface area (Å²) in [6, 6.07) is 1.91. The van der Waals surface area contributed by atoms with Gasteiger partial charge in [-0.15, -0.1) is 0 Å². The second-order valence-electron chi connectivity index (χ2n) is 6.22. The predicted molar refractivity (Wildman–Crippen MR) is 75.0 cm³/mol. The van der Waals surface area contributed by atoms with Gasteiger partial charge in [0.15, 0.2) is 0 Å². The number of hydrogen-bond acceptors (Lipinski definition) is 3. The van der Waals surface area contributed by atoms with Crippen LogP contribution in [-0.4, -0.2) is 40.2 Å². The van der Waals surface area contributed by atoms with Gasteiger partial charge in [0.2, 0.25) is 0 Å². The van der Waals surface area contributed by atoms with Crippen LogP contribution in [0.1, 0.15) is 49.3 Å². The third kappa shape index (κ3) is 2.66. The standard InChI is InChI=1S/C14H24N4O/c1-10(2)11-7-12(17(4)16-11)13(19)18-6-5-14(3,8-15)9-18/h7,10H,5-6,8-9,15H2,1-4H3. The number of amides is 1. The van der Waals surface area contributed by atoms with Crippen molar-refractivity contribution in [1.29, 1.82) is 0 Å². The fourth-order valence-corrected chi connectivity index (χ4v) is 2.50. The molecule has 0 spiro atoms. The maximum atomic E-state index is 12.5. The highest BCUT2D eigenvalue weighted by atomic mass is 16.2. The van der Waals surface area contributed by atoms with Gasteiger partial charge in [-0.3, -0.25) is 9.48 Å². The lowest BCUT2D eigenvalue weighted by atomic mass is 9.90. The predicted octanol–water partition coefficient (Wildman–Crippen LogP) is 1.35. The SMILES string of the molecule is CC(C)c1cc(C(=O)N2CCC(C)(CN)C2)n(C)n1. The summed E-state index contributed by atoms with van der Waals surface area (Å²) in [7, 11) is 1.83. The minimum absolute atomic E-state index is 0.0646. The van der Waals surface area contributed by atoms with Crippen LogP contribution in [0.25, 0.3) is 0 Å². The molecule has 0 saturated carbocycles. The van der Waals surface area contributed by atoms with Crippen molar-refractivity contribution in [2.24, 2.45) is 18.2 Å². The molecule has 1 aromatic heterocycles. The van der Waals surface area contributed by atoms with Crippen molar-refractivity contribution in [3.05, 3.63) is 17.5 Å². The van der Waals surface area contributed by atoms with Crippen LogP contribution in [0.3, 0.4) is 0 Å². The molecule has 2 N–H and O–H groups in total. The number of likely N-dealkylation sites (tertiary alicyclic amines) is 1. The van der Waals surface area contributed by atoms with Gasteiger partial charge < -0.3 is 10.6 Å². The summed E-state index contributed by atoms with van der Waals surface area (Å²) in [6.45, 7) is 8.46. The van der Waals surface area contributed by atoms with Crippen molar-refractivity contribution < 1.29 is 4.79 Å². The average molecular weight is 264 g/mol. The van der Waals surface area contributed by atoms with Gasteiger partial charge in [0.05, 0.1) is 5.69 Å². The quantitative estimate of drug-likeness (QED) is 0.896. The maximum Gasteiger partial charge on any atom is 0.272 e. The zero-order valence-corrected chi connectivity index (χ0v) is 12.3. The molecule has 1 aliphatic rings. The Morgan fingerprint density at radius 2 is 2.26 bits per heavy atom. The summed E-state index contributed by atoms with van der Waals surface area (Å²) in [4.78, 5) is 14.4. The van der Waals surface area contributed by atoms with Crippen LogP contribution < -0.4 is 5.73 Å². The van der Waals surface area contributed by atoms with E-state index in [0.717, 1.165) is 25.2 Å². The fourth-order valence-electron chi connectivity index (χ4n) is 2.50. The van der Waals surface area contributed by atoms with E-state index >= 15 is 0 Å². The summed E-state index contributed by atoms with van der Waals surface area (Å²) in [5.74, 6) is 0.403. The van der Waals surface area contributed by atoms with Crippen LogP contribution in [0.2, 0.25) is 0 Å². The summed E-state index contributed by atoms with van der Waals surface area (Å²) < 4.78 is 1.69. The summed E-state index contributed by atoms with van der Waals surface area (Å²) in [5.41, 5.74) is 7.49. The number of aromatic nitrogens is 2. The van der Waals surface area contributed by atoms with E-state index in [9.17, 15) is 4.79 Å². The second kappa shape index (κ2) is 4.96. The highest BCUT2D eigenvalue weighted by molar-refractivity contribution is 5.93. The van der Waals surface area contributed by atoms with E-state index in [-0.39, 0.29) is 11.3 Å². The van der Waals surface area contributed by atoms with Crippen molar-refractivity contribution in [3.63, 3.8) is 0 Å². The molecule has 0 radical (unpaired) electrons. The lowest BCUT2D eigenvalue weighted by Gasteiger charge is -2.22. The first kappa shape index (κ1) is 14.1. The maximum absolute atomic E-state index is 12.5. The molecule has 0 aromatic carbocycles. The molecule has 1 aliphatic heterocycles. The second-order valence-corrected chi connectivity index (χ2v) is 6.22. The Bertz CT molecular complexity index is 480. The molecular weight excluding hydrogens is 240 g/mol. The molecule has 1 aromatic rings. The normalized spacial score (nSPS) is 23.4. The third-order valence-corrected chi connectivity index (χ3v) is 4.05. The molecule has 0 aliphatic carbocycles. The topological polar surface area (TPSA) is 64.2 Å². The van der Waals surface area contributed by atoms with Gasteiger partial charge in [-0.05, 0) is 30.4 Å². The van der Waals surface area contributed by atoms with Gasteiger partial charge in [-0.2, -0.15) is 5.10 Å². The molecule has 1 amide bonds. The van der Waals surface area contributed by atoms with Crippen LogP contribution in [-0.2, 0) is 7.05 Å². The highest BCUT2D eigenvalue weighted by Gasteiger charge is 2.36. The van der Waals surface area contributed by atoms with Crippen molar-refractivity contribution in [2.75, 3.05) is 19.6 Å². The van der Waals surface area contributed by atoms with Crippen molar-refractivity contribution in [2.45, 2.75) is 33.1 Å². The van der Waals surface area contributed by atoms with Crippen LogP contribution in [0.15, 0.2) is 6.07 Å². The van der Waals surface area contributed by atoms with Gasteiger partial charge >= 0.3 is 0 Å². The Kier molecular flexibility index (Phi) is 3.67. The third-order valence-electron chi connectivity index (χ3n) is 4.05. The van der Waals surface area contributed by atoms with E-state index in [4.69, 9.17) is 5.73 Å². The molecular formula is C14H24N4O. The van der Waals surface area contributed by atoms with E-state index in [1.807, 2.05) is 18.0 Å². The lowest BCUT2D eigenvalue weighted by Crippen LogP contribution is -2.35. The summed E-state index contributed by atoms with van der Waals surface area (Å²) in [6.07, 6.45) is 0.976. The van der Waals surface area contributed by atoms with E-state index in [0.29, 0.717) is 18.2 Å². The summed E-state index contributed by atoms with van der Waals surface area (Å²) in [5, 5.41) is 4.40. The molecule has 1 atom stereocenters. The number of nitrogens with zero attached hydrogens (tertiary/aromatic N) is 3. The van der Waals surface area contributed by atoms with Crippen LogP contribution in [0, 0.1) is 5.41 Å². The lowest BCUT2D eigenvalue weighted by molar-refractivity contribution is 0.0766. The molecule has 5 heteroatoms. The number of carbonyl (C=O) groups is 1. The Labute approximate surface area is 114 Å². The Hall–Kier alpha value is -1.36. The van der Waals surface area contributed by atoms with Gasteiger partial charge in [0.1, 0.15) is 5.69 Å². The number of nitrogens with two attached hydrogens (primary N) is 1. The van der Waals surface area contributed by atoms with E-state index in [1.165, 1.54) is 0 Å². The zero-order valence-electron chi connectivity index (χ0n) is 12.3. The highest BCUT2D eigenvalue weighted by Crippen LogP contribution is 2.29. The number of rotatable bonds is 3. The fraction of sp³-hybridized carbons (Fsp3) is 0.714. The Balaban J connectivity index is 2.17. The molecule has 2 rings (SSSR count). The van der Waals surface area contributed by atoms with Gasteiger partial charge in [-0.25, -0.2) is 0 Å². The molecule has 5 nitrogen and oxygen atoms in total. The van der Waals surface area contributed by atoms with E-state index < -0.39 is 0 Å². The van der Waals surface area contributed by atoms with E-state index in [2.05, 4.69) is 25.9 Å². The zero-order chi connectivity index (χ0) is 14.2. The first-order valence-electron chi connectivity index (χ1n) is 6.89. The van der Waals surface area contributed by atoms with Crippen LogP contribution >= 0.6 is 0 Å². The van der Waals surface area contributed by atoms with Crippen molar-refractivity contribution in [3.8, 4) is 0 Å². The minimum atomic E-state index is 0.0646. The molecule has 1 unspecified atom stereocenters. The minimum Gasteiger partial charge on any atom is -0.337 e. The van der Waals surface area contributed by atoms with Gasteiger partial charge in [0.25, 0.3) is 5.91 Å². The first-order chi connectivity index (χ1) is 8.86. The van der Waals surface area contributed by atoms with Crippen molar-refractivity contribution in [1.82, 2.24) is 14.7 Å². The van der Waals surface area contributed by atoms with Gasteiger partial charge in [-0.1, -0.05) is 20.8 Å². The van der Waals surface area contributed by atoms with Crippen LogP contribution in [0.4, 0.5) is 0 Å². The Morgan fingerprint density at radius 1 is 1.58 bits per heavy atom. The molecule has 0 bridgehead atoms.